The summed E-state index contributed by atoms with van der Waals surface area (Å²) >= 11 is 0. The van der Waals surface area contributed by atoms with Crippen molar-refractivity contribution in [3.05, 3.63) is 65.5 Å². The maximum Gasteiger partial charge on any atom is 0.303 e. The van der Waals surface area contributed by atoms with Crippen molar-refractivity contribution in [3.63, 3.8) is 0 Å². The topological polar surface area (TPSA) is 81.8 Å². The third kappa shape index (κ3) is 4.71. The van der Waals surface area contributed by atoms with Crippen LogP contribution in [0.2, 0.25) is 0 Å². The molecule has 2 aromatic carbocycles. The number of oxazole rings is 1. The van der Waals surface area contributed by atoms with Gasteiger partial charge in [0.15, 0.2) is 11.5 Å². The SMILES string of the molecule is COc1c(CCC(=O)O)cccc1OCCc1nc(-c2ccccc2)oc1C. The Hall–Kier alpha value is -3.28. The molecule has 0 bridgehead atoms. The van der Waals surface area contributed by atoms with E-state index in [0.717, 1.165) is 22.6 Å². The van der Waals surface area contributed by atoms with Crippen LogP contribution in [0.5, 0.6) is 11.5 Å². The van der Waals surface area contributed by atoms with E-state index in [1.807, 2.05) is 55.5 Å². The lowest BCUT2D eigenvalue weighted by Gasteiger charge is -2.14. The second-order valence-corrected chi connectivity index (χ2v) is 6.33. The molecule has 3 rings (SSSR count). The summed E-state index contributed by atoms with van der Waals surface area (Å²) in [7, 11) is 1.56. The number of hydrogen-bond acceptors (Lipinski definition) is 5. The Balaban J connectivity index is 1.66. The summed E-state index contributed by atoms with van der Waals surface area (Å²) in [4.78, 5) is 15.4. The minimum absolute atomic E-state index is 0.0419. The molecule has 0 atom stereocenters. The molecule has 0 aliphatic heterocycles. The summed E-state index contributed by atoms with van der Waals surface area (Å²) in [6, 6.07) is 15.3. The fourth-order valence-corrected chi connectivity index (χ4v) is 2.97. The summed E-state index contributed by atoms with van der Waals surface area (Å²) in [5.41, 5.74) is 2.59. The molecule has 3 aromatic rings. The molecule has 0 saturated heterocycles. The minimum Gasteiger partial charge on any atom is -0.493 e. The Morgan fingerprint density at radius 3 is 2.61 bits per heavy atom. The first-order valence-electron chi connectivity index (χ1n) is 9.10. The fourth-order valence-electron chi connectivity index (χ4n) is 2.97. The number of benzene rings is 2. The molecule has 28 heavy (non-hydrogen) atoms. The van der Waals surface area contributed by atoms with Crippen LogP contribution in [-0.4, -0.2) is 29.8 Å². The van der Waals surface area contributed by atoms with Gasteiger partial charge in [0.2, 0.25) is 5.89 Å². The Kier molecular flexibility index (Phi) is 6.32. The van der Waals surface area contributed by atoms with Crippen LogP contribution < -0.4 is 9.47 Å². The number of para-hydroxylation sites is 1. The Labute approximate surface area is 163 Å². The van der Waals surface area contributed by atoms with Crippen molar-refractivity contribution in [1.82, 2.24) is 4.98 Å². The van der Waals surface area contributed by atoms with Gasteiger partial charge in [-0.05, 0) is 37.1 Å². The highest BCUT2D eigenvalue weighted by Crippen LogP contribution is 2.32. The number of aliphatic carboxylic acids is 1. The third-order valence-corrected chi connectivity index (χ3v) is 4.38. The van der Waals surface area contributed by atoms with Gasteiger partial charge in [0.25, 0.3) is 0 Å². The maximum absolute atomic E-state index is 10.8. The number of carboxylic acids is 1. The molecule has 1 N–H and O–H groups in total. The first-order chi connectivity index (χ1) is 13.6. The molecule has 0 amide bonds. The molecule has 146 valence electrons. The van der Waals surface area contributed by atoms with Crippen LogP contribution in [-0.2, 0) is 17.6 Å². The quantitative estimate of drug-likeness (QED) is 0.595. The van der Waals surface area contributed by atoms with Gasteiger partial charge in [-0.2, -0.15) is 0 Å². The summed E-state index contributed by atoms with van der Waals surface area (Å²) in [5, 5.41) is 8.90. The van der Waals surface area contributed by atoms with Crippen LogP contribution in [0.1, 0.15) is 23.4 Å². The summed E-state index contributed by atoms with van der Waals surface area (Å²) in [6.07, 6.45) is 1.02. The molecule has 0 fully saturated rings. The van der Waals surface area contributed by atoms with Crippen molar-refractivity contribution in [1.29, 1.82) is 0 Å². The molecule has 6 nitrogen and oxygen atoms in total. The van der Waals surface area contributed by atoms with E-state index < -0.39 is 5.97 Å². The van der Waals surface area contributed by atoms with Crippen molar-refractivity contribution in [2.45, 2.75) is 26.2 Å². The van der Waals surface area contributed by atoms with Crippen LogP contribution in [0.15, 0.2) is 52.9 Å². The summed E-state index contributed by atoms with van der Waals surface area (Å²) in [6.45, 7) is 2.29. The number of carbonyl (C=O) groups is 1. The second kappa shape index (κ2) is 9.08. The van der Waals surface area contributed by atoms with Crippen LogP contribution in [0, 0.1) is 6.92 Å². The first-order valence-corrected chi connectivity index (χ1v) is 9.10. The zero-order chi connectivity index (χ0) is 19.9. The van der Waals surface area contributed by atoms with Crippen molar-refractivity contribution in [2.75, 3.05) is 13.7 Å². The maximum atomic E-state index is 10.8. The number of aryl methyl sites for hydroxylation is 2. The van der Waals surface area contributed by atoms with E-state index in [0.29, 0.717) is 36.8 Å². The van der Waals surface area contributed by atoms with E-state index in [4.69, 9.17) is 19.0 Å². The molecule has 0 saturated carbocycles. The lowest BCUT2D eigenvalue weighted by Crippen LogP contribution is -2.05. The average Bonchev–Trinajstić information content (AvgIpc) is 3.07. The molecule has 0 radical (unpaired) electrons. The molecule has 0 aliphatic rings. The Morgan fingerprint density at radius 2 is 1.89 bits per heavy atom. The zero-order valence-corrected chi connectivity index (χ0v) is 16.0. The van der Waals surface area contributed by atoms with Crippen LogP contribution in [0.3, 0.4) is 0 Å². The predicted octanol–water partition coefficient (Wildman–Crippen LogP) is 4.30. The number of rotatable bonds is 9. The van der Waals surface area contributed by atoms with Gasteiger partial charge in [0, 0.05) is 18.4 Å². The van der Waals surface area contributed by atoms with Crippen molar-refractivity contribution in [3.8, 4) is 23.0 Å². The van der Waals surface area contributed by atoms with E-state index >= 15 is 0 Å². The summed E-state index contributed by atoms with van der Waals surface area (Å²) < 4.78 is 17.1. The lowest BCUT2D eigenvalue weighted by molar-refractivity contribution is -0.136. The van der Waals surface area contributed by atoms with E-state index in [1.54, 1.807) is 7.11 Å². The molecule has 0 spiro atoms. The van der Waals surface area contributed by atoms with Crippen LogP contribution >= 0.6 is 0 Å². The predicted molar refractivity (Wildman–Crippen MR) is 105 cm³/mol. The Bertz CT molecular complexity index is 933. The second-order valence-electron chi connectivity index (χ2n) is 6.33. The van der Waals surface area contributed by atoms with Crippen molar-refractivity contribution >= 4 is 5.97 Å². The van der Waals surface area contributed by atoms with Gasteiger partial charge in [-0.15, -0.1) is 0 Å². The van der Waals surface area contributed by atoms with Gasteiger partial charge in [0.1, 0.15) is 5.76 Å². The van der Waals surface area contributed by atoms with Crippen LogP contribution in [0.25, 0.3) is 11.5 Å². The highest BCUT2D eigenvalue weighted by Gasteiger charge is 2.14. The number of aromatic nitrogens is 1. The summed E-state index contributed by atoms with van der Waals surface area (Å²) in [5.74, 6) is 1.69. The number of methoxy groups -OCH3 is 1. The van der Waals surface area contributed by atoms with Gasteiger partial charge in [-0.1, -0.05) is 30.3 Å². The van der Waals surface area contributed by atoms with E-state index in [2.05, 4.69) is 4.98 Å². The van der Waals surface area contributed by atoms with Gasteiger partial charge in [-0.25, -0.2) is 4.98 Å². The van der Waals surface area contributed by atoms with E-state index in [1.165, 1.54) is 0 Å². The lowest BCUT2D eigenvalue weighted by atomic mass is 10.1. The largest absolute Gasteiger partial charge is 0.493 e. The van der Waals surface area contributed by atoms with Crippen molar-refractivity contribution in [2.24, 2.45) is 0 Å². The number of nitrogens with zero attached hydrogens (tertiary/aromatic N) is 1. The first kappa shape index (κ1) is 19.5. The van der Waals surface area contributed by atoms with Crippen LogP contribution in [0.4, 0.5) is 0 Å². The number of carboxylic acid groups (broad SMARTS) is 1. The number of ether oxygens (including phenoxy) is 2. The standard InChI is InChI=1S/C22H23NO5/c1-15-18(23-22(28-15)17-7-4-3-5-8-17)13-14-27-19-10-6-9-16(21(19)26-2)11-12-20(24)25/h3-10H,11-14H2,1-2H3,(H,24,25). The van der Waals surface area contributed by atoms with E-state index in [9.17, 15) is 4.79 Å². The van der Waals surface area contributed by atoms with Gasteiger partial charge in [0.05, 0.1) is 19.4 Å². The molecular formula is C22H23NO5. The highest BCUT2D eigenvalue weighted by molar-refractivity contribution is 5.67. The monoisotopic (exact) mass is 381 g/mol. The average molecular weight is 381 g/mol. The molecule has 6 heteroatoms. The molecule has 1 heterocycles. The zero-order valence-electron chi connectivity index (χ0n) is 16.0. The highest BCUT2D eigenvalue weighted by atomic mass is 16.5. The van der Waals surface area contributed by atoms with Crippen molar-refractivity contribution < 1.29 is 23.8 Å². The molecule has 0 unspecified atom stereocenters. The third-order valence-electron chi connectivity index (χ3n) is 4.38. The van der Waals surface area contributed by atoms with Gasteiger partial charge >= 0.3 is 5.97 Å². The number of hydrogen-bond donors (Lipinski definition) is 1. The Morgan fingerprint density at radius 1 is 1.11 bits per heavy atom. The molecule has 0 aliphatic carbocycles. The minimum atomic E-state index is -0.843. The smallest absolute Gasteiger partial charge is 0.303 e. The fraction of sp³-hybridized carbons (Fsp3) is 0.273. The molecule has 1 aromatic heterocycles. The van der Waals surface area contributed by atoms with Gasteiger partial charge in [-0.3, -0.25) is 4.79 Å². The van der Waals surface area contributed by atoms with Gasteiger partial charge < -0.3 is 19.0 Å². The normalized spacial score (nSPS) is 10.6. The van der Waals surface area contributed by atoms with E-state index in [-0.39, 0.29) is 6.42 Å². The molecular weight excluding hydrogens is 358 g/mol.